The standard InChI is InChI=1S/C15H26N2O3S/c1-6-15(7-2,10-16)17-21(18,19)13-8-11(3)14(20-5)12(4)9-13/h8-9,17H,6-7,10,16H2,1-5H3. The Bertz CT molecular complexity index is 562. The first-order valence-electron chi connectivity index (χ1n) is 7.14. The highest BCUT2D eigenvalue weighted by Gasteiger charge is 2.31. The monoisotopic (exact) mass is 314 g/mol. The third-order valence-corrected chi connectivity index (χ3v) is 5.60. The summed E-state index contributed by atoms with van der Waals surface area (Å²) >= 11 is 0. The Morgan fingerprint density at radius 1 is 1.19 bits per heavy atom. The maximum absolute atomic E-state index is 12.6. The van der Waals surface area contributed by atoms with Crippen molar-refractivity contribution >= 4 is 10.0 Å². The van der Waals surface area contributed by atoms with E-state index in [4.69, 9.17) is 10.5 Å². The van der Waals surface area contributed by atoms with Crippen LogP contribution in [0.25, 0.3) is 0 Å². The number of methoxy groups -OCH3 is 1. The van der Waals surface area contributed by atoms with Gasteiger partial charge in [-0.15, -0.1) is 0 Å². The lowest BCUT2D eigenvalue weighted by atomic mass is 9.95. The zero-order chi connectivity index (χ0) is 16.3. The topological polar surface area (TPSA) is 81.4 Å². The van der Waals surface area contributed by atoms with E-state index in [0.29, 0.717) is 18.6 Å². The summed E-state index contributed by atoms with van der Waals surface area (Å²) in [6.07, 6.45) is 1.29. The van der Waals surface area contributed by atoms with Crippen molar-refractivity contribution in [2.45, 2.75) is 51.0 Å². The van der Waals surface area contributed by atoms with E-state index in [2.05, 4.69) is 4.72 Å². The predicted octanol–water partition coefficient (Wildman–Crippen LogP) is 2.11. The van der Waals surface area contributed by atoms with E-state index in [0.717, 1.165) is 11.1 Å². The SMILES string of the molecule is CCC(CC)(CN)NS(=O)(=O)c1cc(C)c(OC)c(C)c1. The number of ether oxygens (including phenoxy) is 1. The second kappa shape index (κ2) is 6.77. The first kappa shape index (κ1) is 17.9. The lowest BCUT2D eigenvalue weighted by Crippen LogP contribution is -2.52. The van der Waals surface area contributed by atoms with Crippen LogP contribution < -0.4 is 15.2 Å². The first-order chi connectivity index (χ1) is 9.75. The van der Waals surface area contributed by atoms with E-state index >= 15 is 0 Å². The van der Waals surface area contributed by atoms with Gasteiger partial charge in [-0.2, -0.15) is 0 Å². The van der Waals surface area contributed by atoms with Crippen molar-refractivity contribution in [1.29, 1.82) is 0 Å². The van der Waals surface area contributed by atoms with Crippen molar-refractivity contribution in [3.05, 3.63) is 23.3 Å². The Balaban J connectivity index is 3.26. The minimum Gasteiger partial charge on any atom is -0.496 e. The van der Waals surface area contributed by atoms with Gasteiger partial charge in [0.1, 0.15) is 5.75 Å². The summed E-state index contributed by atoms with van der Waals surface area (Å²) in [7, 11) is -2.03. The summed E-state index contributed by atoms with van der Waals surface area (Å²) in [4.78, 5) is 0.248. The van der Waals surface area contributed by atoms with Gasteiger partial charge in [0, 0.05) is 12.1 Å². The van der Waals surface area contributed by atoms with Crippen LogP contribution in [0.15, 0.2) is 17.0 Å². The summed E-state index contributed by atoms with van der Waals surface area (Å²) in [6, 6.07) is 3.25. The minimum atomic E-state index is -3.61. The molecule has 0 atom stereocenters. The number of hydrogen-bond donors (Lipinski definition) is 2. The highest BCUT2D eigenvalue weighted by atomic mass is 32.2. The molecule has 21 heavy (non-hydrogen) atoms. The quantitative estimate of drug-likeness (QED) is 0.807. The van der Waals surface area contributed by atoms with Crippen molar-refractivity contribution in [3.63, 3.8) is 0 Å². The maximum Gasteiger partial charge on any atom is 0.241 e. The van der Waals surface area contributed by atoms with Gasteiger partial charge in [-0.25, -0.2) is 13.1 Å². The van der Waals surface area contributed by atoms with Crippen molar-refractivity contribution in [3.8, 4) is 5.75 Å². The molecule has 1 rings (SSSR count). The van der Waals surface area contributed by atoms with Gasteiger partial charge < -0.3 is 10.5 Å². The molecule has 5 nitrogen and oxygen atoms in total. The zero-order valence-electron chi connectivity index (χ0n) is 13.5. The highest BCUT2D eigenvalue weighted by Crippen LogP contribution is 2.27. The fourth-order valence-electron chi connectivity index (χ4n) is 2.46. The normalized spacial score (nSPS) is 12.5. The summed E-state index contributed by atoms with van der Waals surface area (Å²) in [5, 5.41) is 0. The van der Waals surface area contributed by atoms with Crippen LogP contribution in [0.2, 0.25) is 0 Å². The molecule has 0 fully saturated rings. The molecular weight excluding hydrogens is 288 g/mol. The van der Waals surface area contributed by atoms with E-state index in [1.165, 1.54) is 0 Å². The molecule has 0 amide bonds. The molecule has 0 aromatic heterocycles. The molecule has 0 heterocycles. The second-order valence-corrected chi connectivity index (χ2v) is 7.07. The van der Waals surface area contributed by atoms with Crippen LogP contribution in [0, 0.1) is 13.8 Å². The fourth-order valence-corrected chi connectivity index (χ4v) is 4.18. The molecular formula is C15H26N2O3S. The van der Waals surface area contributed by atoms with Crippen LogP contribution in [0.5, 0.6) is 5.75 Å². The zero-order valence-corrected chi connectivity index (χ0v) is 14.3. The van der Waals surface area contributed by atoms with Gasteiger partial charge in [0.2, 0.25) is 10.0 Å². The summed E-state index contributed by atoms with van der Waals surface area (Å²) < 4.78 is 33.3. The molecule has 1 aromatic rings. The molecule has 0 saturated heterocycles. The van der Waals surface area contributed by atoms with Gasteiger partial charge in [0.25, 0.3) is 0 Å². The van der Waals surface area contributed by atoms with E-state index in [1.54, 1.807) is 19.2 Å². The maximum atomic E-state index is 12.6. The molecule has 0 aliphatic heterocycles. The Morgan fingerprint density at radius 3 is 2.00 bits per heavy atom. The minimum absolute atomic E-state index is 0.248. The van der Waals surface area contributed by atoms with Gasteiger partial charge in [-0.05, 0) is 49.9 Å². The Hall–Kier alpha value is -1.11. The first-order valence-corrected chi connectivity index (χ1v) is 8.62. The van der Waals surface area contributed by atoms with Crippen LogP contribution in [0.1, 0.15) is 37.8 Å². The lowest BCUT2D eigenvalue weighted by molar-refractivity contribution is 0.363. The average Bonchev–Trinajstić information content (AvgIpc) is 2.44. The van der Waals surface area contributed by atoms with Crippen LogP contribution >= 0.6 is 0 Å². The van der Waals surface area contributed by atoms with Crippen LogP contribution in [0.4, 0.5) is 0 Å². The van der Waals surface area contributed by atoms with E-state index < -0.39 is 15.6 Å². The molecule has 0 unspecified atom stereocenters. The molecule has 6 heteroatoms. The van der Waals surface area contributed by atoms with Crippen LogP contribution in [-0.4, -0.2) is 27.6 Å². The number of hydrogen-bond acceptors (Lipinski definition) is 4. The number of nitrogens with two attached hydrogens (primary N) is 1. The van der Waals surface area contributed by atoms with E-state index in [1.807, 2.05) is 27.7 Å². The van der Waals surface area contributed by atoms with Crippen LogP contribution in [-0.2, 0) is 10.0 Å². The van der Waals surface area contributed by atoms with Gasteiger partial charge in [0.05, 0.1) is 12.0 Å². The number of aryl methyl sites for hydroxylation is 2. The Labute approximate surface area is 127 Å². The molecule has 0 saturated carbocycles. The van der Waals surface area contributed by atoms with Gasteiger partial charge >= 0.3 is 0 Å². The Kier molecular flexibility index (Phi) is 5.78. The van der Waals surface area contributed by atoms with Crippen LogP contribution in [0.3, 0.4) is 0 Å². The van der Waals surface area contributed by atoms with Crippen molar-refractivity contribution in [1.82, 2.24) is 4.72 Å². The highest BCUT2D eigenvalue weighted by molar-refractivity contribution is 7.89. The van der Waals surface area contributed by atoms with Crippen molar-refractivity contribution in [2.24, 2.45) is 5.73 Å². The number of nitrogens with one attached hydrogen (secondary N) is 1. The molecule has 3 N–H and O–H groups in total. The molecule has 120 valence electrons. The number of benzene rings is 1. The smallest absolute Gasteiger partial charge is 0.241 e. The van der Waals surface area contributed by atoms with Gasteiger partial charge in [-0.1, -0.05) is 13.8 Å². The second-order valence-electron chi connectivity index (χ2n) is 5.39. The summed E-state index contributed by atoms with van der Waals surface area (Å²) in [5.74, 6) is 0.713. The van der Waals surface area contributed by atoms with Crippen molar-refractivity contribution in [2.75, 3.05) is 13.7 Å². The average molecular weight is 314 g/mol. The number of rotatable bonds is 7. The molecule has 0 aliphatic carbocycles. The van der Waals surface area contributed by atoms with Gasteiger partial charge in [-0.3, -0.25) is 0 Å². The molecule has 0 radical (unpaired) electrons. The fraction of sp³-hybridized carbons (Fsp3) is 0.600. The summed E-state index contributed by atoms with van der Waals surface area (Å²) in [6.45, 7) is 7.81. The van der Waals surface area contributed by atoms with E-state index in [-0.39, 0.29) is 11.4 Å². The largest absolute Gasteiger partial charge is 0.496 e. The number of sulfonamides is 1. The third kappa shape index (κ3) is 3.75. The van der Waals surface area contributed by atoms with Gasteiger partial charge in [0.15, 0.2) is 0 Å². The molecule has 1 aromatic carbocycles. The third-order valence-electron chi connectivity index (χ3n) is 4.04. The Morgan fingerprint density at radius 2 is 1.67 bits per heavy atom. The molecule has 0 aliphatic rings. The predicted molar refractivity (Wildman–Crippen MR) is 85.2 cm³/mol. The van der Waals surface area contributed by atoms with E-state index in [9.17, 15) is 8.42 Å². The summed E-state index contributed by atoms with van der Waals surface area (Å²) in [5.41, 5.74) is 6.77. The lowest BCUT2D eigenvalue weighted by Gasteiger charge is -2.31. The molecule has 0 bridgehead atoms. The molecule has 0 spiro atoms. The van der Waals surface area contributed by atoms with Crippen molar-refractivity contribution < 1.29 is 13.2 Å².